The minimum Gasteiger partial charge on any atom is -0.320 e. The summed E-state index contributed by atoms with van der Waals surface area (Å²) in [6.07, 6.45) is 5.13. The van der Waals surface area contributed by atoms with Crippen LogP contribution in [0.3, 0.4) is 0 Å². The van der Waals surface area contributed by atoms with E-state index in [1.54, 1.807) is 19.2 Å². The van der Waals surface area contributed by atoms with Crippen molar-refractivity contribution in [1.82, 2.24) is 9.62 Å². The van der Waals surface area contributed by atoms with Crippen LogP contribution in [0.5, 0.6) is 0 Å². The van der Waals surface area contributed by atoms with Crippen molar-refractivity contribution in [3.63, 3.8) is 0 Å². The summed E-state index contributed by atoms with van der Waals surface area (Å²) in [4.78, 5) is 0.407. The van der Waals surface area contributed by atoms with Gasteiger partial charge in [0.25, 0.3) is 0 Å². The summed E-state index contributed by atoms with van der Waals surface area (Å²) < 4.78 is 26.4. The van der Waals surface area contributed by atoms with E-state index < -0.39 is 10.0 Å². The number of benzene rings is 1. The fraction of sp³-hybridized carbons (Fsp3) is 0.600. The van der Waals surface area contributed by atoms with Crippen molar-refractivity contribution >= 4 is 10.0 Å². The number of sulfonamides is 1. The molecular formula is C15H24N2O2S. The zero-order valence-corrected chi connectivity index (χ0v) is 13.1. The molecule has 0 spiro atoms. The Morgan fingerprint density at radius 2 is 1.90 bits per heavy atom. The van der Waals surface area contributed by atoms with Crippen LogP contribution in [0.2, 0.25) is 0 Å². The third kappa shape index (κ3) is 3.40. The first kappa shape index (κ1) is 15.5. The van der Waals surface area contributed by atoms with Gasteiger partial charge in [-0.3, -0.25) is 0 Å². The number of aryl methyl sites for hydroxylation is 1. The molecule has 0 aliphatic heterocycles. The maximum absolute atomic E-state index is 12.5. The molecule has 1 saturated carbocycles. The van der Waals surface area contributed by atoms with Gasteiger partial charge in [0.05, 0.1) is 4.90 Å². The predicted molar refractivity (Wildman–Crippen MR) is 81.3 cm³/mol. The maximum Gasteiger partial charge on any atom is 0.243 e. The van der Waals surface area contributed by atoms with Crippen LogP contribution in [0, 0.1) is 0 Å². The van der Waals surface area contributed by atoms with Crippen molar-refractivity contribution in [2.45, 2.75) is 43.0 Å². The Morgan fingerprint density at radius 3 is 2.40 bits per heavy atom. The average molecular weight is 296 g/mol. The summed E-state index contributed by atoms with van der Waals surface area (Å²) in [7, 11) is 0.311. The first-order chi connectivity index (χ1) is 9.55. The number of hydrogen-bond acceptors (Lipinski definition) is 3. The molecule has 0 unspecified atom stereocenters. The van der Waals surface area contributed by atoms with Gasteiger partial charge in [0.1, 0.15) is 0 Å². The second-order valence-corrected chi connectivity index (χ2v) is 7.45. The fourth-order valence-electron chi connectivity index (χ4n) is 2.41. The molecule has 1 aliphatic carbocycles. The molecule has 1 aromatic carbocycles. The van der Waals surface area contributed by atoms with E-state index in [4.69, 9.17) is 0 Å². The molecule has 0 radical (unpaired) electrons. The minimum atomic E-state index is -3.32. The zero-order chi connectivity index (χ0) is 14.6. The van der Waals surface area contributed by atoms with E-state index in [1.807, 2.05) is 19.2 Å². The summed E-state index contributed by atoms with van der Waals surface area (Å²) in [6.45, 7) is 0.977. The summed E-state index contributed by atoms with van der Waals surface area (Å²) in [6, 6.07) is 7.52. The summed E-state index contributed by atoms with van der Waals surface area (Å²) >= 11 is 0. The van der Waals surface area contributed by atoms with Gasteiger partial charge in [0, 0.05) is 13.1 Å². The van der Waals surface area contributed by atoms with E-state index in [9.17, 15) is 8.42 Å². The van der Waals surface area contributed by atoms with Gasteiger partial charge in [-0.25, -0.2) is 8.42 Å². The quantitative estimate of drug-likeness (QED) is 0.783. The van der Waals surface area contributed by atoms with Crippen LogP contribution in [-0.2, 0) is 16.4 Å². The molecule has 2 rings (SSSR count). The molecule has 0 bridgehead atoms. The zero-order valence-electron chi connectivity index (χ0n) is 12.3. The molecule has 0 amide bonds. The van der Waals surface area contributed by atoms with Crippen molar-refractivity contribution in [1.29, 1.82) is 0 Å². The molecule has 4 nitrogen and oxygen atoms in total. The molecule has 1 aliphatic rings. The highest BCUT2D eigenvalue weighted by molar-refractivity contribution is 7.89. The van der Waals surface area contributed by atoms with Gasteiger partial charge < -0.3 is 5.32 Å². The van der Waals surface area contributed by atoms with Crippen LogP contribution in [-0.4, -0.2) is 39.4 Å². The monoisotopic (exact) mass is 296 g/mol. The van der Waals surface area contributed by atoms with Gasteiger partial charge in [0.2, 0.25) is 10.0 Å². The number of rotatable bonds is 7. The van der Waals surface area contributed by atoms with Crippen LogP contribution < -0.4 is 5.32 Å². The van der Waals surface area contributed by atoms with E-state index in [1.165, 1.54) is 9.87 Å². The van der Waals surface area contributed by atoms with Crippen LogP contribution in [0.25, 0.3) is 0 Å². The van der Waals surface area contributed by atoms with E-state index in [-0.39, 0.29) is 6.04 Å². The topological polar surface area (TPSA) is 49.4 Å². The third-order valence-corrected chi connectivity index (χ3v) is 6.01. The van der Waals surface area contributed by atoms with Crippen molar-refractivity contribution in [3.05, 3.63) is 29.8 Å². The van der Waals surface area contributed by atoms with Crippen LogP contribution in [0.15, 0.2) is 29.2 Å². The number of nitrogens with zero attached hydrogens (tertiary/aromatic N) is 1. The summed E-state index contributed by atoms with van der Waals surface area (Å²) in [5, 5.41) is 3.11. The third-order valence-electron chi connectivity index (χ3n) is 4.08. The van der Waals surface area contributed by atoms with Gasteiger partial charge in [0.15, 0.2) is 0 Å². The highest BCUT2D eigenvalue weighted by Gasteiger charge is 2.31. The second-order valence-electron chi connectivity index (χ2n) is 5.46. The Kier molecular flexibility index (Phi) is 5.18. The van der Waals surface area contributed by atoms with Crippen molar-refractivity contribution < 1.29 is 8.42 Å². The van der Waals surface area contributed by atoms with E-state index in [0.717, 1.165) is 38.6 Å². The lowest BCUT2D eigenvalue weighted by Crippen LogP contribution is -2.41. The Hall–Kier alpha value is -0.910. The molecule has 1 N–H and O–H groups in total. The van der Waals surface area contributed by atoms with Crippen LogP contribution in [0.4, 0.5) is 0 Å². The highest BCUT2D eigenvalue weighted by Crippen LogP contribution is 2.28. The summed E-state index contributed by atoms with van der Waals surface area (Å²) in [5.74, 6) is 0. The number of nitrogens with one attached hydrogen (secondary N) is 1. The van der Waals surface area contributed by atoms with Crippen LogP contribution >= 0.6 is 0 Å². The Bertz CT molecular complexity index is 521. The molecule has 20 heavy (non-hydrogen) atoms. The molecule has 0 atom stereocenters. The van der Waals surface area contributed by atoms with E-state index in [0.29, 0.717) is 4.90 Å². The van der Waals surface area contributed by atoms with Gasteiger partial charge in [-0.05, 0) is 57.0 Å². The van der Waals surface area contributed by atoms with Gasteiger partial charge in [-0.15, -0.1) is 0 Å². The lowest BCUT2D eigenvalue weighted by molar-refractivity contribution is 0.249. The van der Waals surface area contributed by atoms with E-state index >= 15 is 0 Å². The van der Waals surface area contributed by atoms with Gasteiger partial charge in [-0.1, -0.05) is 18.6 Å². The Morgan fingerprint density at radius 1 is 1.25 bits per heavy atom. The average Bonchev–Trinajstić information content (AvgIpc) is 2.37. The first-order valence-electron chi connectivity index (χ1n) is 7.27. The van der Waals surface area contributed by atoms with Crippen molar-refractivity contribution in [2.24, 2.45) is 0 Å². The first-order valence-corrected chi connectivity index (χ1v) is 8.71. The van der Waals surface area contributed by atoms with Gasteiger partial charge >= 0.3 is 0 Å². The standard InChI is InChI=1S/C15H24N2O2S/c1-16-12-4-5-13-8-10-15(11-9-13)20(18,19)17(2)14-6-3-7-14/h8-11,14,16H,3-7,12H2,1-2H3. The largest absolute Gasteiger partial charge is 0.320 e. The Labute approximate surface area is 122 Å². The molecule has 0 saturated heterocycles. The lowest BCUT2D eigenvalue weighted by atomic mass is 9.94. The van der Waals surface area contributed by atoms with Crippen molar-refractivity contribution in [3.8, 4) is 0 Å². The second kappa shape index (κ2) is 6.70. The summed E-state index contributed by atoms with van der Waals surface area (Å²) in [5.41, 5.74) is 1.19. The Balaban J connectivity index is 2.04. The molecule has 0 heterocycles. The molecular weight excluding hydrogens is 272 g/mol. The highest BCUT2D eigenvalue weighted by atomic mass is 32.2. The van der Waals surface area contributed by atoms with Gasteiger partial charge in [-0.2, -0.15) is 4.31 Å². The molecule has 1 fully saturated rings. The lowest BCUT2D eigenvalue weighted by Gasteiger charge is -2.33. The molecule has 0 aromatic heterocycles. The fourth-order valence-corrected chi connectivity index (χ4v) is 3.83. The molecule has 112 valence electrons. The predicted octanol–water partition coefficient (Wildman–Crippen LogP) is 2.01. The normalized spacial score (nSPS) is 16.4. The SMILES string of the molecule is CNCCCc1ccc(S(=O)(=O)N(C)C2CCC2)cc1. The number of hydrogen-bond donors (Lipinski definition) is 1. The molecule has 1 aromatic rings. The smallest absolute Gasteiger partial charge is 0.243 e. The molecule has 5 heteroatoms. The minimum absolute atomic E-state index is 0.190. The van der Waals surface area contributed by atoms with Crippen molar-refractivity contribution in [2.75, 3.05) is 20.6 Å². The maximum atomic E-state index is 12.5. The van der Waals surface area contributed by atoms with Crippen LogP contribution in [0.1, 0.15) is 31.2 Å². The van der Waals surface area contributed by atoms with E-state index in [2.05, 4.69) is 5.32 Å².